The Morgan fingerprint density at radius 1 is 1.22 bits per heavy atom. The van der Waals surface area contributed by atoms with E-state index in [2.05, 4.69) is 30.1 Å². The van der Waals surface area contributed by atoms with Crippen LogP contribution in [-0.4, -0.2) is 13.2 Å². The number of hydrogen-bond donors (Lipinski definition) is 1. The Hall–Kier alpha value is -1.44. The Bertz CT molecular complexity index is 365. The molecule has 1 aromatic rings. The third kappa shape index (κ3) is 3.28. The van der Waals surface area contributed by atoms with Crippen LogP contribution in [0.15, 0.2) is 36.9 Å². The molecule has 0 aliphatic heterocycles. The molecule has 0 bridgehead atoms. The van der Waals surface area contributed by atoms with Crippen molar-refractivity contribution in [2.24, 2.45) is 5.92 Å². The first-order valence-corrected chi connectivity index (χ1v) is 6.86. The third-order valence-electron chi connectivity index (χ3n) is 3.83. The fourth-order valence-electron chi connectivity index (χ4n) is 2.74. The Labute approximate surface area is 110 Å². The lowest BCUT2D eigenvalue weighted by molar-refractivity contribution is 0.343. The molecule has 2 nitrogen and oxygen atoms in total. The Morgan fingerprint density at radius 2 is 1.89 bits per heavy atom. The molecule has 0 aromatic heterocycles. The maximum Gasteiger partial charge on any atom is 0.119 e. The summed E-state index contributed by atoms with van der Waals surface area (Å²) in [6.07, 6.45) is 8.81. The lowest BCUT2D eigenvalue weighted by Gasteiger charge is -2.29. The van der Waals surface area contributed by atoms with E-state index in [4.69, 9.17) is 4.74 Å². The molecule has 1 aliphatic carbocycles. The van der Waals surface area contributed by atoms with Gasteiger partial charge >= 0.3 is 0 Å². The van der Waals surface area contributed by atoms with Gasteiger partial charge in [0.1, 0.15) is 5.75 Å². The van der Waals surface area contributed by atoms with E-state index in [1.165, 1.54) is 32.1 Å². The van der Waals surface area contributed by atoms with E-state index in [1.54, 1.807) is 7.11 Å². The molecule has 2 heteroatoms. The smallest absolute Gasteiger partial charge is 0.119 e. The van der Waals surface area contributed by atoms with Gasteiger partial charge in [0.25, 0.3) is 0 Å². The summed E-state index contributed by atoms with van der Waals surface area (Å²) in [5.41, 5.74) is 1.14. The van der Waals surface area contributed by atoms with E-state index in [-0.39, 0.29) is 0 Å². The van der Waals surface area contributed by atoms with E-state index in [9.17, 15) is 0 Å². The SMILES string of the molecule is C=C[C@@H](Nc1ccc(OC)cc1)C1CCCCC1. The lowest BCUT2D eigenvalue weighted by atomic mass is 9.84. The number of rotatable bonds is 5. The summed E-state index contributed by atoms with van der Waals surface area (Å²) >= 11 is 0. The van der Waals surface area contributed by atoms with Gasteiger partial charge in [0.2, 0.25) is 0 Å². The van der Waals surface area contributed by atoms with Crippen LogP contribution in [0.3, 0.4) is 0 Å². The minimum Gasteiger partial charge on any atom is -0.497 e. The van der Waals surface area contributed by atoms with E-state index in [0.29, 0.717) is 6.04 Å². The van der Waals surface area contributed by atoms with Gasteiger partial charge in [-0.25, -0.2) is 0 Å². The van der Waals surface area contributed by atoms with Crippen molar-refractivity contribution in [1.82, 2.24) is 0 Å². The number of nitrogens with one attached hydrogen (secondary N) is 1. The molecule has 18 heavy (non-hydrogen) atoms. The average Bonchev–Trinajstić information content (AvgIpc) is 2.46. The molecule has 0 amide bonds. The van der Waals surface area contributed by atoms with Crippen LogP contribution in [0.4, 0.5) is 5.69 Å². The van der Waals surface area contributed by atoms with E-state index >= 15 is 0 Å². The quantitative estimate of drug-likeness (QED) is 0.783. The molecule has 2 rings (SSSR count). The van der Waals surface area contributed by atoms with Gasteiger partial charge in [0.05, 0.1) is 7.11 Å². The topological polar surface area (TPSA) is 21.3 Å². The number of benzene rings is 1. The van der Waals surface area contributed by atoms with Crippen molar-refractivity contribution < 1.29 is 4.74 Å². The first kappa shape index (κ1) is 13.0. The molecule has 98 valence electrons. The highest BCUT2D eigenvalue weighted by atomic mass is 16.5. The van der Waals surface area contributed by atoms with Crippen LogP contribution in [0.25, 0.3) is 0 Å². The van der Waals surface area contributed by atoms with E-state index in [1.807, 2.05) is 12.1 Å². The zero-order valence-electron chi connectivity index (χ0n) is 11.2. The molecule has 1 atom stereocenters. The van der Waals surface area contributed by atoms with Gasteiger partial charge in [-0.1, -0.05) is 25.3 Å². The van der Waals surface area contributed by atoms with Crippen molar-refractivity contribution in [3.05, 3.63) is 36.9 Å². The van der Waals surface area contributed by atoms with Crippen LogP contribution in [0.2, 0.25) is 0 Å². The minimum absolute atomic E-state index is 0.388. The van der Waals surface area contributed by atoms with Crippen LogP contribution < -0.4 is 10.1 Å². The molecule has 0 unspecified atom stereocenters. The summed E-state index contributed by atoms with van der Waals surface area (Å²) in [4.78, 5) is 0. The zero-order valence-corrected chi connectivity index (χ0v) is 11.2. The highest BCUT2D eigenvalue weighted by Crippen LogP contribution is 2.29. The van der Waals surface area contributed by atoms with Gasteiger partial charge in [0.15, 0.2) is 0 Å². The fraction of sp³-hybridized carbons (Fsp3) is 0.500. The highest BCUT2D eigenvalue weighted by Gasteiger charge is 2.20. The summed E-state index contributed by atoms with van der Waals surface area (Å²) < 4.78 is 5.17. The van der Waals surface area contributed by atoms with Crippen molar-refractivity contribution in [3.8, 4) is 5.75 Å². The van der Waals surface area contributed by atoms with Gasteiger partial charge < -0.3 is 10.1 Å². The minimum atomic E-state index is 0.388. The molecule has 0 heterocycles. The lowest BCUT2D eigenvalue weighted by Crippen LogP contribution is -2.28. The van der Waals surface area contributed by atoms with Crippen LogP contribution in [0, 0.1) is 5.92 Å². The molecule has 1 fully saturated rings. The third-order valence-corrected chi connectivity index (χ3v) is 3.83. The van der Waals surface area contributed by atoms with Crippen molar-refractivity contribution in [1.29, 1.82) is 0 Å². The Kier molecular flexibility index (Phi) is 4.68. The summed E-state index contributed by atoms with van der Waals surface area (Å²) in [5.74, 6) is 1.63. The molecular weight excluding hydrogens is 222 g/mol. The van der Waals surface area contributed by atoms with Crippen LogP contribution in [-0.2, 0) is 0 Å². The summed E-state index contributed by atoms with van der Waals surface area (Å²) in [7, 11) is 1.69. The molecule has 0 radical (unpaired) electrons. The largest absolute Gasteiger partial charge is 0.497 e. The first-order chi connectivity index (χ1) is 8.83. The second-order valence-corrected chi connectivity index (χ2v) is 5.03. The number of methoxy groups -OCH3 is 1. The molecular formula is C16H23NO. The number of hydrogen-bond acceptors (Lipinski definition) is 2. The molecule has 0 spiro atoms. The molecule has 1 N–H and O–H groups in total. The standard InChI is InChI=1S/C16H23NO/c1-3-16(13-7-5-4-6-8-13)17-14-9-11-15(18-2)12-10-14/h3,9-13,16-17H,1,4-8H2,2H3/t16-/m1/s1. The van der Waals surface area contributed by atoms with Crippen molar-refractivity contribution >= 4 is 5.69 Å². The van der Waals surface area contributed by atoms with Gasteiger partial charge in [0, 0.05) is 11.7 Å². The maximum atomic E-state index is 5.17. The second kappa shape index (κ2) is 6.48. The summed E-state index contributed by atoms with van der Waals surface area (Å²) in [6, 6.07) is 8.50. The summed E-state index contributed by atoms with van der Waals surface area (Å²) in [6.45, 7) is 3.98. The van der Waals surface area contributed by atoms with Gasteiger partial charge in [-0.15, -0.1) is 6.58 Å². The van der Waals surface area contributed by atoms with Crippen molar-refractivity contribution in [3.63, 3.8) is 0 Å². The van der Waals surface area contributed by atoms with Crippen molar-refractivity contribution in [2.75, 3.05) is 12.4 Å². The van der Waals surface area contributed by atoms with E-state index < -0.39 is 0 Å². The van der Waals surface area contributed by atoms with Crippen LogP contribution in [0.5, 0.6) is 5.75 Å². The zero-order chi connectivity index (χ0) is 12.8. The van der Waals surface area contributed by atoms with E-state index in [0.717, 1.165) is 17.4 Å². The Morgan fingerprint density at radius 3 is 2.44 bits per heavy atom. The normalized spacial score (nSPS) is 18.1. The maximum absolute atomic E-state index is 5.17. The van der Waals surface area contributed by atoms with Crippen LogP contribution >= 0.6 is 0 Å². The van der Waals surface area contributed by atoms with Gasteiger partial charge in [-0.3, -0.25) is 0 Å². The fourth-order valence-corrected chi connectivity index (χ4v) is 2.74. The number of ether oxygens (including phenoxy) is 1. The monoisotopic (exact) mass is 245 g/mol. The first-order valence-electron chi connectivity index (χ1n) is 6.86. The molecule has 0 saturated heterocycles. The highest BCUT2D eigenvalue weighted by molar-refractivity contribution is 5.47. The predicted octanol–water partition coefficient (Wildman–Crippen LogP) is 4.24. The van der Waals surface area contributed by atoms with Gasteiger partial charge in [-0.05, 0) is 43.0 Å². The molecule has 1 aliphatic rings. The number of anilines is 1. The van der Waals surface area contributed by atoms with Gasteiger partial charge in [-0.2, -0.15) is 0 Å². The van der Waals surface area contributed by atoms with Crippen LogP contribution in [0.1, 0.15) is 32.1 Å². The Balaban J connectivity index is 1.97. The molecule has 1 aromatic carbocycles. The summed E-state index contributed by atoms with van der Waals surface area (Å²) in [5, 5.41) is 3.58. The van der Waals surface area contributed by atoms with Crippen molar-refractivity contribution in [2.45, 2.75) is 38.1 Å². The molecule has 1 saturated carbocycles. The average molecular weight is 245 g/mol. The predicted molar refractivity (Wildman–Crippen MR) is 77.2 cm³/mol. The second-order valence-electron chi connectivity index (χ2n) is 5.03.